The molecule has 0 bridgehead atoms. The Hall–Kier alpha value is -2.23. The Morgan fingerprint density at radius 1 is 1.32 bits per heavy atom. The molecule has 1 aromatic heterocycles. The number of benzene rings is 1. The number of rotatable bonds is 3. The lowest BCUT2D eigenvalue weighted by atomic mass is 10.1. The second-order valence-corrected chi connectivity index (χ2v) is 6.40. The van der Waals surface area contributed by atoms with Gasteiger partial charge in [-0.05, 0) is 37.2 Å². The van der Waals surface area contributed by atoms with Crippen molar-refractivity contribution in [3.8, 4) is 6.07 Å². The number of nitriles is 1. The Kier molecular flexibility index (Phi) is 5.26. The first-order chi connectivity index (χ1) is 10.5. The van der Waals surface area contributed by atoms with Gasteiger partial charge in [0.05, 0.1) is 12.0 Å². The smallest absolute Gasteiger partial charge is 0.230 e. The number of nitrogens with one attached hydrogen (secondary N) is 2. The zero-order chi connectivity index (χ0) is 16.1. The molecule has 1 heterocycles. The molecule has 0 fully saturated rings. The molecule has 112 valence electrons. The van der Waals surface area contributed by atoms with Gasteiger partial charge in [-0.2, -0.15) is 5.26 Å². The number of thiocarbonyl (C=S) groups is 1. The molecule has 1 amide bonds. The molecule has 0 spiro atoms. The van der Waals surface area contributed by atoms with E-state index in [4.69, 9.17) is 12.2 Å². The van der Waals surface area contributed by atoms with Crippen LogP contribution in [0.2, 0.25) is 0 Å². The van der Waals surface area contributed by atoms with E-state index in [-0.39, 0.29) is 17.4 Å². The van der Waals surface area contributed by atoms with Crippen LogP contribution in [0.3, 0.4) is 0 Å². The number of thiophene rings is 1. The lowest BCUT2D eigenvalue weighted by molar-refractivity contribution is -0.119. The lowest BCUT2D eigenvalue weighted by Crippen LogP contribution is -2.35. The van der Waals surface area contributed by atoms with E-state index >= 15 is 0 Å². The average Bonchev–Trinajstić information content (AvgIpc) is 2.73. The molecular weight excluding hydrogens is 314 g/mol. The molecule has 0 aliphatic rings. The quantitative estimate of drug-likeness (QED) is 0.848. The van der Waals surface area contributed by atoms with Crippen molar-refractivity contribution in [2.24, 2.45) is 0 Å². The highest BCUT2D eigenvalue weighted by molar-refractivity contribution is 7.80. The van der Waals surface area contributed by atoms with E-state index in [0.717, 1.165) is 16.0 Å². The summed E-state index contributed by atoms with van der Waals surface area (Å²) < 4.78 is 0. The van der Waals surface area contributed by atoms with E-state index in [9.17, 15) is 10.1 Å². The molecule has 2 N–H and O–H groups in total. The highest BCUT2D eigenvalue weighted by Crippen LogP contribution is 2.31. The fourth-order valence-electron chi connectivity index (χ4n) is 1.94. The van der Waals surface area contributed by atoms with Crippen molar-refractivity contribution in [2.45, 2.75) is 20.3 Å². The van der Waals surface area contributed by atoms with Crippen molar-refractivity contribution in [3.63, 3.8) is 0 Å². The van der Waals surface area contributed by atoms with Gasteiger partial charge < -0.3 is 10.6 Å². The van der Waals surface area contributed by atoms with Gasteiger partial charge in [-0.15, -0.1) is 11.3 Å². The summed E-state index contributed by atoms with van der Waals surface area (Å²) in [6, 6.07) is 11.6. The van der Waals surface area contributed by atoms with Gasteiger partial charge in [0.2, 0.25) is 5.91 Å². The highest BCUT2D eigenvalue weighted by Gasteiger charge is 2.14. The van der Waals surface area contributed by atoms with Crippen molar-refractivity contribution in [3.05, 3.63) is 51.9 Å². The van der Waals surface area contributed by atoms with Crippen molar-refractivity contribution >= 4 is 39.6 Å². The molecule has 4 nitrogen and oxygen atoms in total. The predicted molar refractivity (Wildman–Crippen MR) is 93.0 cm³/mol. The van der Waals surface area contributed by atoms with Crippen LogP contribution in [0.15, 0.2) is 30.3 Å². The lowest BCUT2D eigenvalue weighted by Gasteiger charge is -2.08. The van der Waals surface area contributed by atoms with E-state index in [0.29, 0.717) is 10.6 Å². The molecule has 1 aromatic carbocycles. The van der Waals surface area contributed by atoms with Gasteiger partial charge in [0, 0.05) is 4.88 Å². The summed E-state index contributed by atoms with van der Waals surface area (Å²) in [5.74, 6) is -0.188. The van der Waals surface area contributed by atoms with Crippen molar-refractivity contribution < 1.29 is 4.79 Å². The Morgan fingerprint density at radius 3 is 2.64 bits per heavy atom. The van der Waals surface area contributed by atoms with Crippen LogP contribution in [0.25, 0.3) is 0 Å². The summed E-state index contributed by atoms with van der Waals surface area (Å²) in [6.07, 6.45) is 0.260. The number of nitrogens with zero attached hydrogens (tertiary/aromatic N) is 1. The molecule has 2 aromatic rings. The molecule has 0 saturated heterocycles. The number of hydrogen-bond donors (Lipinski definition) is 2. The number of carbonyl (C=O) groups excluding carboxylic acids is 1. The molecule has 6 heteroatoms. The van der Waals surface area contributed by atoms with E-state index < -0.39 is 0 Å². The van der Waals surface area contributed by atoms with Crippen LogP contribution in [-0.4, -0.2) is 11.0 Å². The second kappa shape index (κ2) is 7.16. The first-order valence-electron chi connectivity index (χ1n) is 6.66. The molecule has 0 aliphatic carbocycles. The van der Waals surface area contributed by atoms with E-state index in [1.54, 1.807) is 0 Å². The average molecular weight is 329 g/mol. The van der Waals surface area contributed by atoms with Crippen LogP contribution >= 0.6 is 23.6 Å². The van der Waals surface area contributed by atoms with Gasteiger partial charge in [0.1, 0.15) is 11.1 Å². The second-order valence-electron chi connectivity index (χ2n) is 4.76. The summed E-state index contributed by atoms with van der Waals surface area (Å²) in [7, 11) is 0. The third kappa shape index (κ3) is 3.91. The van der Waals surface area contributed by atoms with Crippen LogP contribution in [0, 0.1) is 25.2 Å². The molecule has 0 atom stereocenters. The maximum absolute atomic E-state index is 11.9. The van der Waals surface area contributed by atoms with Gasteiger partial charge in [-0.25, -0.2) is 0 Å². The topological polar surface area (TPSA) is 64.9 Å². The Bertz CT molecular complexity index is 745. The van der Waals surface area contributed by atoms with Crippen molar-refractivity contribution in [1.82, 2.24) is 5.32 Å². The summed E-state index contributed by atoms with van der Waals surface area (Å²) in [5, 5.41) is 15.6. The number of carbonyl (C=O) groups is 1. The third-order valence-electron chi connectivity index (χ3n) is 3.18. The molecule has 0 aliphatic heterocycles. The molecular formula is C16H15N3OS2. The number of anilines is 1. The molecule has 22 heavy (non-hydrogen) atoms. The zero-order valence-corrected chi connectivity index (χ0v) is 13.9. The Balaban J connectivity index is 1.98. The van der Waals surface area contributed by atoms with Gasteiger partial charge in [0.25, 0.3) is 0 Å². The molecule has 2 rings (SSSR count). The van der Waals surface area contributed by atoms with Gasteiger partial charge >= 0.3 is 0 Å². The van der Waals surface area contributed by atoms with Gasteiger partial charge in [-0.1, -0.05) is 30.3 Å². The highest BCUT2D eigenvalue weighted by atomic mass is 32.1. The molecule has 0 saturated carbocycles. The van der Waals surface area contributed by atoms with E-state index in [1.807, 2.05) is 44.2 Å². The van der Waals surface area contributed by atoms with Crippen LogP contribution in [-0.2, 0) is 11.2 Å². The predicted octanol–water partition coefficient (Wildman–Crippen LogP) is 3.29. The normalized spacial score (nSPS) is 9.86. The zero-order valence-electron chi connectivity index (χ0n) is 12.3. The fourth-order valence-corrected chi connectivity index (χ4v) is 3.23. The number of amides is 1. The minimum atomic E-state index is -0.188. The Labute approximate surface area is 138 Å². The van der Waals surface area contributed by atoms with Gasteiger partial charge in [0.15, 0.2) is 5.11 Å². The van der Waals surface area contributed by atoms with Crippen molar-refractivity contribution in [2.75, 3.05) is 5.32 Å². The first kappa shape index (κ1) is 16.1. The Morgan fingerprint density at radius 2 is 2.00 bits per heavy atom. The third-order valence-corrected chi connectivity index (χ3v) is 4.51. The maximum atomic E-state index is 11.9. The van der Waals surface area contributed by atoms with Crippen LogP contribution in [0.4, 0.5) is 5.00 Å². The largest absolute Gasteiger partial charge is 0.323 e. The number of aryl methyl sites for hydroxylation is 1. The fraction of sp³-hybridized carbons (Fsp3) is 0.188. The minimum absolute atomic E-state index is 0.188. The van der Waals surface area contributed by atoms with E-state index in [1.165, 1.54) is 11.3 Å². The summed E-state index contributed by atoms with van der Waals surface area (Å²) in [6.45, 7) is 3.84. The van der Waals surface area contributed by atoms with Crippen LogP contribution in [0.1, 0.15) is 21.6 Å². The van der Waals surface area contributed by atoms with E-state index in [2.05, 4.69) is 16.7 Å². The standard InChI is InChI=1S/C16H15N3OS2/c1-10-11(2)22-15(13(10)9-17)19-16(21)18-14(20)8-12-6-4-3-5-7-12/h3-7H,8H2,1-2H3,(H2,18,19,20,21). The van der Waals surface area contributed by atoms with Crippen molar-refractivity contribution in [1.29, 1.82) is 5.26 Å². The summed E-state index contributed by atoms with van der Waals surface area (Å²) in [4.78, 5) is 13.0. The summed E-state index contributed by atoms with van der Waals surface area (Å²) >= 11 is 6.60. The summed E-state index contributed by atoms with van der Waals surface area (Å²) in [5.41, 5.74) is 2.43. The van der Waals surface area contributed by atoms with Gasteiger partial charge in [-0.3, -0.25) is 4.79 Å². The minimum Gasteiger partial charge on any atom is -0.323 e. The number of hydrogen-bond acceptors (Lipinski definition) is 4. The molecule has 0 radical (unpaired) electrons. The molecule has 0 unspecified atom stereocenters. The monoisotopic (exact) mass is 329 g/mol. The SMILES string of the molecule is Cc1sc(NC(=S)NC(=O)Cc2ccccc2)c(C#N)c1C. The van der Waals surface area contributed by atoms with Crippen LogP contribution < -0.4 is 10.6 Å². The maximum Gasteiger partial charge on any atom is 0.230 e. The van der Waals surface area contributed by atoms with Crippen LogP contribution in [0.5, 0.6) is 0 Å². The first-order valence-corrected chi connectivity index (χ1v) is 7.88.